The van der Waals surface area contributed by atoms with E-state index < -0.39 is 11.9 Å². The summed E-state index contributed by atoms with van der Waals surface area (Å²) in [6.45, 7) is 3.90. The Hall–Kier alpha value is -3.15. The third kappa shape index (κ3) is 4.47. The van der Waals surface area contributed by atoms with Crippen LogP contribution in [0.5, 0.6) is 5.75 Å². The van der Waals surface area contributed by atoms with Crippen LogP contribution < -0.4 is 4.74 Å². The lowest BCUT2D eigenvalue weighted by molar-refractivity contribution is -0.140. The van der Waals surface area contributed by atoms with Crippen molar-refractivity contribution in [2.45, 2.75) is 32.7 Å². The SMILES string of the molecule is CCOC(=O)C1=C(C)N(Cc2cccc(F)c2)C(=O)CC1c1cccc(OC)c1. The van der Waals surface area contributed by atoms with E-state index in [1.807, 2.05) is 24.3 Å². The number of carbonyl (C=O) groups excluding carboxylic acids is 2. The average Bonchev–Trinajstić information content (AvgIpc) is 2.71. The minimum atomic E-state index is -0.449. The number of rotatable bonds is 6. The third-order valence-corrected chi connectivity index (χ3v) is 5.04. The van der Waals surface area contributed by atoms with Gasteiger partial charge in [0.2, 0.25) is 5.91 Å². The number of carbonyl (C=O) groups is 2. The van der Waals surface area contributed by atoms with E-state index in [2.05, 4.69) is 0 Å². The minimum absolute atomic E-state index is 0.119. The molecule has 6 heteroatoms. The molecule has 0 fully saturated rings. The van der Waals surface area contributed by atoms with Crippen LogP contribution in [0.4, 0.5) is 4.39 Å². The molecule has 0 radical (unpaired) electrons. The highest BCUT2D eigenvalue weighted by molar-refractivity contribution is 5.95. The van der Waals surface area contributed by atoms with Gasteiger partial charge in [-0.15, -0.1) is 0 Å². The highest BCUT2D eigenvalue weighted by Crippen LogP contribution is 2.38. The summed E-state index contributed by atoms with van der Waals surface area (Å²) in [5, 5.41) is 0. The van der Waals surface area contributed by atoms with Crippen molar-refractivity contribution in [3.05, 3.63) is 76.7 Å². The molecule has 0 aliphatic carbocycles. The molecule has 1 heterocycles. The molecule has 0 spiro atoms. The van der Waals surface area contributed by atoms with Gasteiger partial charge >= 0.3 is 5.97 Å². The molecular weight excluding hydrogens is 373 g/mol. The molecule has 1 unspecified atom stereocenters. The normalized spacial score (nSPS) is 16.8. The van der Waals surface area contributed by atoms with E-state index in [1.54, 1.807) is 33.1 Å². The first-order valence-corrected chi connectivity index (χ1v) is 9.51. The van der Waals surface area contributed by atoms with Gasteiger partial charge in [-0.25, -0.2) is 9.18 Å². The largest absolute Gasteiger partial charge is 0.497 e. The predicted octanol–water partition coefficient (Wildman–Crippen LogP) is 4.19. The maximum Gasteiger partial charge on any atom is 0.336 e. The molecule has 1 amide bonds. The van der Waals surface area contributed by atoms with Crippen molar-refractivity contribution < 1.29 is 23.5 Å². The van der Waals surface area contributed by atoms with Crippen LogP contribution in [0.15, 0.2) is 59.8 Å². The molecule has 0 saturated heterocycles. The van der Waals surface area contributed by atoms with Gasteiger partial charge in [0.05, 0.1) is 25.8 Å². The molecule has 0 bridgehead atoms. The number of allylic oxidation sites excluding steroid dienone is 1. The second-order valence-electron chi connectivity index (χ2n) is 6.86. The third-order valence-electron chi connectivity index (χ3n) is 5.04. The van der Waals surface area contributed by atoms with Crippen molar-refractivity contribution in [1.29, 1.82) is 0 Å². The van der Waals surface area contributed by atoms with E-state index in [0.29, 0.717) is 22.6 Å². The summed E-state index contributed by atoms with van der Waals surface area (Å²) in [7, 11) is 1.57. The van der Waals surface area contributed by atoms with Crippen molar-refractivity contribution in [1.82, 2.24) is 4.90 Å². The van der Waals surface area contributed by atoms with E-state index in [-0.39, 0.29) is 31.3 Å². The Morgan fingerprint density at radius 1 is 1.21 bits per heavy atom. The fourth-order valence-corrected chi connectivity index (χ4v) is 3.64. The molecule has 2 aromatic carbocycles. The number of esters is 1. The number of methoxy groups -OCH3 is 1. The smallest absolute Gasteiger partial charge is 0.336 e. The van der Waals surface area contributed by atoms with Crippen LogP contribution in [0.3, 0.4) is 0 Å². The van der Waals surface area contributed by atoms with Crippen LogP contribution in [-0.4, -0.2) is 30.5 Å². The Labute approximate surface area is 169 Å². The van der Waals surface area contributed by atoms with Crippen molar-refractivity contribution in [3.63, 3.8) is 0 Å². The van der Waals surface area contributed by atoms with E-state index >= 15 is 0 Å². The van der Waals surface area contributed by atoms with Crippen LogP contribution in [0.25, 0.3) is 0 Å². The lowest BCUT2D eigenvalue weighted by Crippen LogP contribution is -2.38. The molecule has 152 valence electrons. The highest BCUT2D eigenvalue weighted by atomic mass is 19.1. The Morgan fingerprint density at radius 3 is 2.66 bits per heavy atom. The van der Waals surface area contributed by atoms with E-state index in [9.17, 15) is 14.0 Å². The Morgan fingerprint density at radius 2 is 1.97 bits per heavy atom. The maximum absolute atomic E-state index is 13.6. The molecule has 0 N–H and O–H groups in total. The minimum Gasteiger partial charge on any atom is -0.497 e. The Bertz CT molecular complexity index is 953. The lowest BCUT2D eigenvalue weighted by Gasteiger charge is -2.34. The first-order chi connectivity index (χ1) is 13.9. The molecule has 1 atom stereocenters. The van der Waals surface area contributed by atoms with Gasteiger partial charge in [-0.1, -0.05) is 24.3 Å². The topological polar surface area (TPSA) is 55.8 Å². The second-order valence-corrected chi connectivity index (χ2v) is 6.86. The molecule has 3 rings (SSSR count). The standard InChI is InChI=1S/C23H24FNO4/c1-4-29-23(27)22-15(2)25(14-16-7-5-9-18(24)11-16)21(26)13-20(22)17-8-6-10-19(12-17)28-3/h5-12,20H,4,13-14H2,1-3H3. The summed E-state index contributed by atoms with van der Waals surface area (Å²) in [4.78, 5) is 27.3. The van der Waals surface area contributed by atoms with Gasteiger partial charge in [-0.05, 0) is 49.2 Å². The van der Waals surface area contributed by atoms with Crippen LogP contribution in [0, 0.1) is 5.82 Å². The zero-order valence-corrected chi connectivity index (χ0v) is 16.8. The first kappa shape index (κ1) is 20.6. The van der Waals surface area contributed by atoms with Crippen molar-refractivity contribution in [3.8, 4) is 5.75 Å². The fourth-order valence-electron chi connectivity index (χ4n) is 3.64. The molecular formula is C23H24FNO4. The van der Waals surface area contributed by atoms with Crippen LogP contribution in [0.1, 0.15) is 37.3 Å². The maximum atomic E-state index is 13.6. The fraction of sp³-hybridized carbons (Fsp3) is 0.304. The summed E-state index contributed by atoms with van der Waals surface area (Å²) in [5.74, 6) is -0.728. The number of benzene rings is 2. The van der Waals surface area contributed by atoms with Gasteiger partial charge in [0.15, 0.2) is 0 Å². The van der Waals surface area contributed by atoms with Gasteiger partial charge < -0.3 is 14.4 Å². The zero-order valence-electron chi connectivity index (χ0n) is 16.8. The van der Waals surface area contributed by atoms with Crippen LogP contribution in [0.2, 0.25) is 0 Å². The summed E-state index contributed by atoms with van der Waals surface area (Å²) in [6.07, 6.45) is 0.119. The van der Waals surface area contributed by atoms with Crippen molar-refractivity contribution in [2.75, 3.05) is 13.7 Å². The Kier molecular flexibility index (Phi) is 6.32. The number of hydrogen-bond acceptors (Lipinski definition) is 4. The first-order valence-electron chi connectivity index (χ1n) is 9.51. The summed E-state index contributed by atoms with van der Waals surface area (Å²) >= 11 is 0. The molecule has 5 nitrogen and oxygen atoms in total. The lowest BCUT2D eigenvalue weighted by atomic mass is 9.83. The van der Waals surface area contributed by atoms with E-state index in [1.165, 1.54) is 17.0 Å². The molecule has 0 saturated carbocycles. The predicted molar refractivity (Wildman–Crippen MR) is 107 cm³/mol. The molecule has 1 aliphatic heterocycles. The number of hydrogen-bond donors (Lipinski definition) is 0. The van der Waals surface area contributed by atoms with Crippen molar-refractivity contribution >= 4 is 11.9 Å². The highest BCUT2D eigenvalue weighted by Gasteiger charge is 2.37. The van der Waals surface area contributed by atoms with Gasteiger partial charge in [-0.2, -0.15) is 0 Å². The second kappa shape index (κ2) is 8.90. The van der Waals surface area contributed by atoms with Crippen LogP contribution >= 0.6 is 0 Å². The van der Waals surface area contributed by atoms with Gasteiger partial charge in [0.25, 0.3) is 0 Å². The van der Waals surface area contributed by atoms with Gasteiger partial charge in [0, 0.05) is 18.0 Å². The van der Waals surface area contributed by atoms with E-state index in [0.717, 1.165) is 5.56 Å². The van der Waals surface area contributed by atoms with E-state index in [4.69, 9.17) is 9.47 Å². The number of ether oxygens (including phenoxy) is 2. The number of nitrogens with zero attached hydrogens (tertiary/aromatic N) is 1. The summed E-state index contributed by atoms with van der Waals surface area (Å²) in [6, 6.07) is 13.4. The Balaban J connectivity index is 2.03. The molecule has 2 aromatic rings. The van der Waals surface area contributed by atoms with Crippen molar-refractivity contribution in [2.24, 2.45) is 0 Å². The summed E-state index contributed by atoms with van der Waals surface area (Å²) < 4.78 is 24.2. The number of amides is 1. The average molecular weight is 397 g/mol. The summed E-state index contributed by atoms with van der Waals surface area (Å²) in [5.41, 5.74) is 2.43. The molecule has 29 heavy (non-hydrogen) atoms. The molecule has 1 aliphatic rings. The quantitative estimate of drug-likeness (QED) is 0.686. The van der Waals surface area contributed by atoms with Gasteiger partial charge in [-0.3, -0.25) is 4.79 Å². The zero-order chi connectivity index (χ0) is 21.0. The van der Waals surface area contributed by atoms with Crippen LogP contribution in [-0.2, 0) is 20.9 Å². The molecule has 0 aromatic heterocycles. The van der Waals surface area contributed by atoms with Gasteiger partial charge in [0.1, 0.15) is 11.6 Å². The monoisotopic (exact) mass is 397 g/mol. The number of halogens is 1.